The summed E-state index contributed by atoms with van der Waals surface area (Å²) in [6, 6.07) is 0. The van der Waals surface area contributed by atoms with E-state index in [1.165, 1.54) is 24.2 Å². The van der Waals surface area contributed by atoms with Crippen molar-refractivity contribution in [2.45, 2.75) is 31.4 Å². The fraction of sp³-hybridized carbons (Fsp3) is 0.636. The van der Waals surface area contributed by atoms with Crippen LogP contribution < -0.4 is 5.32 Å². The Hall–Kier alpha value is -0.550. The molecule has 1 amide bonds. The molecule has 0 aromatic carbocycles. The number of nitrogens with zero attached hydrogens (tertiary/aromatic N) is 1. The van der Waals surface area contributed by atoms with Crippen LogP contribution in [0.4, 0.5) is 5.13 Å². The lowest BCUT2D eigenvalue weighted by Gasteiger charge is -2.07. The molecular formula is C11H16N2OS2. The second-order valence-electron chi connectivity index (χ2n) is 4.05. The molecule has 1 N–H and O–H groups in total. The lowest BCUT2D eigenvalue weighted by atomic mass is 10.1. The molecule has 0 radical (unpaired) electrons. The number of carbonyl (C=O) groups is 1. The first-order valence-electron chi connectivity index (χ1n) is 5.54. The average Bonchev–Trinajstić information content (AvgIpc) is 2.89. The first-order chi connectivity index (χ1) is 7.79. The van der Waals surface area contributed by atoms with E-state index < -0.39 is 0 Å². The summed E-state index contributed by atoms with van der Waals surface area (Å²) in [5.74, 6) is 1.28. The van der Waals surface area contributed by atoms with Gasteiger partial charge < -0.3 is 5.32 Å². The molecule has 0 saturated heterocycles. The lowest BCUT2D eigenvalue weighted by molar-refractivity contribution is -0.119. The molecule has 2 rings (SSSR count). The van der Waals surface area contributed by atoms with Crippen molar-refractivity contribution >= 4 is 34.1 Å². The molecule has 0 atom stereocenters. The van der Waals surface area contributed by atoms with Crippen LogP contribution in [-0.2, 0) is 10.5 Å². The molecule has 0 aliphatic heterocycles. The summed E-state index contributed by atoms with van der Waals surface area (Å²) in [5, 5.41) is 5.69. The maximum atomic E-state index is 11.8. The number of amides is 1. The van der Waals surface area contributed by atoms with Crippen molar-refractivity contribution in [3.05, 3.63) is 11.1 Å². The molecule has 0 spiro atoms. The molecule has 88 valence electrons. The van der Waals surface area contributed by atoms with Gasteiger partial charge in [0, 0.05) is 17.1 Å². The van der Waals surface area contributed by atoms with E-state index >= 15 is 0 Å². The van der Waals surface area contributed by atoms with Crippen molar-refractivity contribution in [2.24, 2.45) is 5.92 Å². The van der Waals surface area contributed by atoms with Gasteiger partial charge >= 0.3 is 0 Å². The lowest BCUT2D eigenvalue weighted by Crippen LogP contribution is -2.20. The van der Waals surface area contributed by atoms with Gasteiger partial charge in [-0.1, -0.05) is 12.8 Å². The van der Waals surface area contributed by atoms with Crippen LogP contribution in [0.2, 0.25) is 0 Å². The standard InChI is InChI=1S/C11H16N2OS2/c1-15-6-9-7-16-11(12-9)13-10(14)8-4-2-3-5-8/h7-8H,2-6H2,1H3,(H,12,13,14). The molecular weight excluding hydrogens is 240 g/mol. The second-order valence-corrected chi connectivity index (χ2v) is 5.77. The molecule has 16 heavy (non-hydrogen) atoms. The van der Waals surface area contributed by atoms with E-state index in [2.05, 4.69) is 16.6 Å². The maximum Gasteiger partial charge on any atom is 0.229 e. The monoisotopic (exact) mass is 256 g/mol. The number of thiazole rings is 1. The molecule has 5 heteroatoms. The van der Waals surface area contributed by atoms with Crippen LogP contribution in [0, 0.1) is 5.92 Å². The molecule has 1 aromatic heterocycles. The number of rotatable bonds is 4. The first kappa shape index (κ1) is 11.9. The summed E-state index contributed by atoms with van der Waals surface area (Å²) < 4.78 is 0. The van der Waals surface area contributed by atoms with Crippen LogP contribution in [0.1, 0.15) is 31.4 Å². The van der Waals surface area contributed by atoms with Crippen LogP contribution in [0.5, 0.6) is 0 Å². The topological polar surface area (TPSA) is 42.0 Å². The molecule has 1 aliphatic rings. The number of thioether (sulfide) groups is 1. The zero-order valence-electron chi connectivity index (χ0n) is 9.36. The third kappa shape index (κ3) is 2.98. The number of hydrogen-bond donors (Lipinski definition) is 1. The van der Waals surface area contributed by atoms with Crippen LogP contribution >= 0.6 is 23.1 Å². The largest absolute Gasteiger partial charge is 0.302 e. The van der Waals surface area contributed by atoms with Crippen LogP contribution in [0.3, 0.4) is 0 Å². The molecule has 0 bridgehead atoms. The van der Waals surface area contributed by atoms with E-state index in [9.17, 15) is 4.79 Å². The highest BCUT2D eigenvalue weighted by molar-refractivity contribution is 7.97. The number of hydrogen-bond acceptors (Lipinski definition) is 4. The zero-order chi connectivity index (χ0) is 11.4. The summed E-state index contributed by atoms with van der Waals surface area (Å²) in [6.45, 7) is 0. The minimum Gasteiger partial charge on any atom is -0.302 e. The molecule has 0 unspecified atom stereocenters. The highest BCUT2D eigenvalue weighted by atomic mass is 32.2. The summed E-state index contributed by atoms with van der Waals surface area (Å²) in [7, 11) is 0. The summed E-state index contributed by atoms with van der Waals surface area (Å²) in [5.41, 5.74) is 1.05. The molecule has 1 fully saturated rings. The fourth-order valence-electron chi connectivity index (χ4n) is 1.97. The van der Waals surface area contributed by atoms with Crippen LogP contribution in [-0.4, -0.2) is 17.1 Å². The average molecular weight is 256 g/mol. The van der Waals surface area contributed by atoms with Gasteiger partial charge in [-0.2, -0.15) is 11.8 Å². The highest BCUT2D eigenvalue weighted by Crippen LogP contribution is 2.27. The van der Waals surface area contributed by atoms with Gasteiger partial charge in [-0.3, -0.25) is 4.79 Å². The van der Waals surface area contributed by atoms with Crippen LogP contribution in [0.15, 0.2) is 5.38 Å². The Morgan fingerprint density at radius 2 is 2.38 bits per heavy atom. The quantitative estimate of drug-likeness (QED) is 0.900. The van der Waals surface area contributed by atoms with Crippen molar-refractivity contribution in [3.8, 4) is 0 Å². The summed E-state index contributed by atoms with van der Waals surface area (Å²) in [4.78, 5) is 16.2. The van der Waals surface area contributed by atoms with Crippen molar-refractivity contribution in [1.82, 2.24) is 4.98 Å². The van der Waals surface area contributed by atoms with Crippen molar-refractivity contribution in [3.63, 3.8) is 0 Å². The first-order valence-corrected chi connectivity index (χ1v) is 7.81. The van der Waals surface area contributed by atoms with Gasteiger partial charge in [-0.25, -0.2) is 4.98 Å². The Balaban J connectivity index is 1.89. The fourth-order valence-corrected chi connectivity index (χ4v) is 3.24. The van der Waals surface area contributed by atoms with Crippen molar-refractivity contribution in [2.75, 3.05) is 11.6 Å². The van der Waals surface area contributed by atoms with Gasteiger partial charge in [0.2, 0.25) is 5.91 Å². The Labute approximate surface area is 104 Å². The smallest absolute Gasteiger partial charge is 0.229 e. The molecule has 1 heterocycles. The van der Waals surface area contributed by atoms with E-state index in [-0.39, 0.29) is 11.8 Å². The third-order valence-electron chi connectivity index (χ3n) is 2.80. The Kier molecular flexibility index (Phi) is 4.23. The van der Waals surface area contributed by atoms with Crippen molar-refractivity contribution in [1.29, 1.82) is 0 Å². The molecule has 1 aliphatic carbocycles. The summed E-state index contributed by atoms with van der Waals surface area (Å²) >= 11 is 3.26. The number of anilines is 1. The van der Waals surface area contributed by atoms with Gasteiger partial charge in [-0.15, -0.1) is 11.3 Å². The number of aromatic nitrogens is 1. The third-order valence-corrected chi connectivity index (χ3v) is 4.19. The Morgan fingerprint density at radius 1 is 1.62 bits per heavy atom. The molecule has 3 nitrogen and oxygen atoms in total. The molecule has 1 saturated carbocycles. The minimum atomic E-state index is 0.155. The zero-order valence-corrected chi connectivity index (χ0v) is 11.0. The van der Waals surface area contributed by atoms with E-state index in [4.69, 9.17) is 0 Å². The second kappa shape index (κ2) is 5.68. The van der Waals surface area contributed by atoms with E-state index in [0.717, 1.165) is 29.4 Å². The highest BCUT2D eigenvalue weighted by Gasteiger charge is 2.23. The van der Waals surface area contributed by atoms with Crippen LogP contribution in [0.25, 0.3) is 0 Å². The predicted molar refractivity (Wildman–Crippen MR) is 69.9 cm³/mol. The maximum absolute atomic E-state index is 11.8. The normalized spacial score (nSPS) is 16.6. The number of nitrogens with one attached hydrogen (secondary N) is 1. The van der Waals surface area contributed by atoms with E-state index in [1.54, 1.807) is 11.8 Å². The summed E-state index contributed by atoms with van der Waals surface area (Å²) in [6.07, 6.45) is 6.50. The van der Waals surface area contributed by atoms with Gasteiger partial charge in [0.15, 0.2) is 5.13 Å². The van der Waals surface area contributed by atoms with Gasteiger partial charge in [-0.05, 0) is 19.1 Å². The molecule has 1 aromatic rings. The van der Waals surface area contributed by atoms with Gasteiger partial charge in [0.1, 0.15) is 0 Å². The van der Waals surface area contributed by atoms with Crippen molar-refractivity contribution < 1.29 is 4.79 Å². The Morgan fingerprint density at radius 3 is 3.06 bits per heavy atom. The van der Waals surface area contributed by atoms with E-state index in [1.807, 2.05) is 5.38 Å². The SMILES string of the molecule is CSCc1csc(NC(=O)C2CCCC2)n1. The predicted octanol–water partition coefficient (Wildman–Crippen LogP) is 3.13. The Bertz CT molecular complexity index is 359. The van der Waals surface area contributed by atoms with E-state index in [0.29, 0.717) is 0 Å². The number of carbonyl (C=O) groups excluding carboxylic acids is 1. The van der Waals surface area contributed by atoms with Gasteiger partial charge in [0.05, 0.1) is 5.69 Å². The minimum absolute atomic E-state index is 0.155. The van der Waals surface area contributed by atoms with Gasteiger partial charge in [0.25, 0.3) is 0 Å².